The first-order valence-electron chi connectivity index (χ1n) is 9.35. The lowest BCUT2D eigenvalue weighted by molar-refractivity contribution is -0.135. The van der Waals surface area contributed by atoms with E-state index in [0.29, 0.717) is 37.1 Å². The third-order valence-corrected chi connectivity index (χ3v) is 5.08. The molecule has 1 atom stereocenters. The Balaban J connectivity index is 1.62. The largest absolute Gasteiger partial charge is 0.483 e. The van der Waals surface area contributed by atoms with Crippen LogP contribution in [0.25, 0.3) is 11.0 Å². The molecule has 0 spiro atoms. The van der Waals surface area contributed by atoms with Crippen LogP contribution in [0.2, 0.25) is 5.02 Å². The molecule has 2 heterocycles. The second-order valence-electron chi connectivity index (χ2n) is 6.75. The van der Waals surface area contributed by atoms with Gasteiger partial charge in [0.1, 0.15) is 12.3 Å². The Labute approximate surface area is 168 Å². The van der Waals surface area contributed by atoms with Crippen LogP contribution in [0, 0.1) is 0 Å². The first-order chi connectivity index (χ1) is 13.6. The van der Waals surface area contributed by atoms with Crippen LogP contribution in [-0.2, 0) is 16.1 Å². The Kier molecular flexibility index (Phi) is 5.50. The van der Waals surface area contributed by atoms with Gasteiger partial charge in [-0.15, -0.1) is 0 Å². The third kappa shape index (κ3) is 3.98. The number of halogens is 1. The van der Waals surface area contributed by atoms with E-state index < -0.39 is 0 Å². The number of fused-ring (bicyclic) bond motifs is 1. The number of hydrogen-bond donors (Lipinski definition) is 0. The van der Waals surface area contributed by atoms with Crippen LogP contribution in [-0.4, -0.2) is 46.7 Å². The van der Waals surface area contributed by atoms with Gasteiger partial charge < -0.3 is 18.9 Å². The van der Waals surface area contributed by atoms with E-state index >= 15 is 0 Å². The highest BCUT2D eigenvalue weighted by atomic mass is 35.5. The summed E-state index contributed by atoms with van der Waals surface area (Å²) in [4.78, 5) is 19.4. The Morgan fingerprint density at radius 2 is 1.89 bits per heavy atom. The van der Waals surface area contributed by atoms with Crippen molar-refractivity contribution in [1.29, 1.82) is 0 Å². The van der Waals surface area contributed by atoms with Gasteiger partial charge in [-0.2, -0.15) is 0 Å². The van der Waals surface area contributed by atoms with Gasteiger partial charge in [0.2, 0.25) is 5.91 Å². The number of amides is 1. The van der Waals surface area contributed by atoms with Gasteiger partial charge in [0.15, 0.2) is 11.9 Å². The minimum absolute atomic E-state index is 0.0615. The summed E-state index contributed by atoms with van der Waals surface area (Å²) in [5.74, 6) is 1.49. The van der Waals surface area contributed by atoms with Gasteiger partial charge in [0.25, 0.3) is 0 Å². The third-order valence-electron chi connectivity index (χ3n) is 4.83. The van der Waals surface area contributed by atoms with E-state index in [1.165, 1.54) is 0 Å². The quantitative estimate of drug-likeness (QED) is 0.656. The Morgan fingerprint density at radius 1 is 1.18 bits per heavy atom. The number of imidazole rings is 1. The standard InChI is InChI=1S/C21H22ClN3O3/c1-15(28-17-8-6-16(22)7-9-17)21-23-18-4-2-3-5-19(18)25(21)14-20(26)24-10-12-27-13-11-24/h2-9,15H,10-14H2,1H3. The van der Waals surface area contributed by atoms with Gasteiger partial charge in [-0.05, 0) is 43.3 Å². The summed E-state index contributed by atoms with van der Waals surface area (Å²) >= 11 is 5.95. The van der Waals surface area contributed by atoms with E-state index in [9.17, 15) is 4.79 Å². The molecule has 1 unspecified atom stereocenters. The topological polar surface area (TPSA) is 56.6 Å². The molecule has 1 aliphatic heterocycles. The molecule has 28 heavy (non-hydrogen) atoms. The molecule has 6 nitrogen and oxygen atoms in total. The van der Waals surface area contributed by atoms with Crippen molar-refractivity contribution in [3.05, 3.63) is 59.4 Å². The molecule has 7 heteroatoms. The van der Waals surface area contributed by atoms with E-state index in [2.05, 4.69) is 0 Å². The molecule has 0 bridgehead atoms. The average Bonchev–Trinajstić information content (AvgIpc) is 3.09. The van der Waals surface area contributed by atoms with E-state index in [0.717, 1.165) is 16.9 Å². The second kappa shape index (κ2) is 8.20. The Bertz CT molecular complexity index is 965. The summed E-state index contributed by atoms with van der Waals surface area (Å²) in [7, 11) is 0. The molecule has 0 aliphatic carbocycles. The zero-order chi connectivity index (χ0) is 19.5. The van der Waals surface area contributed by atoms with Crippen molar-refractivity contribution in [3.63, 3.8) is 0 Å². The summed E-state index contributed by atoms with van der Waals surface area (Å²) in [6, 6.07) is 15.0. The van der Waals surface area contributed by atoms with Crippen molar-refractivity contribution in [2.75, 3.05) is 26.3 Å². The van der Waals surface area contributed by atoms with Crippen LogP contribution in [0.4, 0.5) is 0 Å². The second-order valence-corrected chi connectivity index (χ2v) is 7.19. The molecule has 2 aromatic carbocycles. The molecule has 146 valence electrons. The number of nitrogens with zero attached hydrogens (tertiary/aromatic N) is 3. The fraction of sp³-hybridized carbons (Fsp3) is 0.333. The van der Waals surface area contributed by atoms with Crippen molar-refractivity contribution >= 4 is 28.5 Å². The van der Waals surface area contributed by atoms with Crippen LogP contribution in [0.5, 0.6) is 5.75 Å². The van der Waals surface area contributed by atoms with Crippen LogP contribution >= 0.6 is 11.6 Å². The summed E-state index contributed by atoms with van der Waals surface area (Å²) < 4.78 is 13.4. The highest BCUT2D eigenvalue weighted by Gasteiger charge is 2.23. The molecule has 0 radical (unpaired) electrons. The van der Waals surface area contributed by atoms with Gasteiger partial charge in [0, 0.05) is 18.1 Å². The van der Waals surface area contributed by atoms with Crippen LogP contribution in [0.1, 0.15) is 18.9 Å². The number of aromatic nitrogens is 2. The average molecular weight is 400 g/mol. The number of hydrogen-bond acceptors (Lipinski definition) is 4. The Hall–Kier alpha value is -2.57. The lowest BCUT2D eigenvalue weighted by Gasteiger charge is -2.27. The van der Waals surface area contributed by atoms with Crippen molar-refractivity contribution in [1.82, 2.24) is 14.5 Å². The van der Waals surface area contributed by atoms with E-state index in [1.807, 2.05) is 52.8 Å². The normalized spacial score (nSPS) is 15.6. The molecule has 1 fully saturated rings. The summed E-state index contributed by atoms with van der Waals surface area (Å²) in [6.45, 7) is 4.57. The van der Waals surface area contributed by atoms with Gasteiger partial charge in [-0.1, -0.05) is 23.7 Å². The number of ether oxygens (including phenoxy) is 2. The molecule has 4 rings (SSSR count). The molecule has 0 N–H and O–H groups in total. The van der Waals surface area contributed by atoms with E-state index in [4.69, 9.17) is 26.1 Å². The molecular weight excluding hydrogens is 378 g/mol. The maximum Gasteiger partial charge on any atom is 0.242 e. The zero-order valence-electron chi connectivity index (χ0n) is 15.7. The molecule has 1 aromatic heterocycles. The van der Waals surface area contributed by atoms with Crippen molar-refractivity contribution in [2.45, 2.75) is 19.6 Å². The highest BCUT2D eigenvalue weighted by Crippen LogP contribution is 2.26. The molecule has 1 aliphatic rings. The van der Waals surface area contributed by atoms with Crippen LogP contribution in [0.3, 0.4) is 0 Å². The minimum atomic E-state index is -0.328. The number of carbonyl (C=O) groups is 1. The number of carbonyl (C=O) groups excluding carboxylic acids is 1. The number of benzene rings is 2. The number of morpholine rings is 1. The lowest BCUT2D eigenvalue weighted by Crippen LogP contribution is -2.42. The highest BCUT2D eigenvalue weighted by molar-refractivity contribution is 6.30. The molecule has 0 saturated carbocycles. The first kappa shape index (κ1) is 18.8. The predicted octanol–water partition coefficient (Wildman–Crippen LogP) is 3.69. The van der Waals surface area contributed by atoms with Gasteiger partial charge in [-0.25, -0.2) is 4.98 Å². The summed E-state index contributed by atoms with van der Waals surface area (Å²) in [5, 5.41) is 0.656. The molecular formula is C21H22ClN3O3. The monoisotopic (exact) mass is 399 g/mol. The molecule has 3 aromatic rings. The lowest BCUT2D eigenvalue weighted by atomic mass is 10.3. The predicted molar refractivity (Wildman–Crippen MR) is 108 cm³/mol. The molecule has 1 amide bonds. The fourth-order valence-corrected chi connectivity index (χ4v) is 3.51. The smallest absolute Gasteiger partial charge is 0.242 e. The molecule has 1 saturated heterocycles. The Morgan fingerprint density at radius 3 is 2.64 bits per heavy atom. The maximum absolute atomic E-state index is 12.8. The SMILES string of the molecule is CC(Oc1ccc(Cl)cc1)c1nc2ccccc2n1CC(=O)N1CCOCC1. The number of para-hydroxylation sites is 2. The van der Waals surface area contributed by atoms with E-state index in [1.54, 1.807) is 12.1 Å². The first-order valence-corrected chi connectivity index (χ1v) is 9.72. The van der Waals surface area contributed by atoms with Gasteiger partial charge in [0.05, 0.1) is 24.2 Å². The van der Waals surface area contributed by atoms with Gasteiger partial charge >= 0.3 is 0 Å². The van der Waals surface area contributed by atoms with Crippen molar-refractivity contribution in [3.8, 4) is 5.75 Å². The number of rotatable bonds is 5. The van der Waals surface area contributed by atoms with Crippen molar-refractivity contribution < 1.29 is 14.3 Å². The van der Waals surface area contributed by atoms with Crippen molar-refractivity contribution in [2.24, 2.45) is 0 Å². The summed E-state index contributed by atoms with van der Waals surface area (Å²) in [6.07, 6.45) is -0.328. The van der Waals surface area contributed by atoms with Gasteiger partial charge in [-0.3, -0.25) is 4.79 Å². The maximum atomic E-state index is 12.8. The van der Waals surface area contributed by atoms with Crippen LogP contribution < -0.4 is 4.74 Å². The minimum Gasteiger partial charge on any atom is -0.483 e. The fourth-order valence-electron chi connectivity index (χ4n) is 3.39. The van der Waals surface area contributed by atoms with E-state index in [-0.39, 0.29) is 18.6 Å². The van der Waals surface area contributed by atoms with Crippen LogP contribution in [0.15, 0.2) is 48.5 Å². The summed E-state index contributed by atoms with van der Waals surface area (Å²) in [5.41, 5.74) is 1.77. The zero-order valence-corrected chi connectivity index (χ0v) is 16.4.